The molecule has 4 heterocycles. The first-order chi connectivity index (χ1) is 15.6. The van der Waals surface area contributed by atoms with E-state index in [-0.39, 0.29) is 23.1 Å². The van der Waals surface area contributed by atoms with Crippen LogP contribution in [-0.4, -0.2) is 17.6 Å². The Morgan fingerprint density at radius 3 is 2.61 bits per heavy atom. The minimum atomic E-state index is -4.54. The van der Waals surface area contributed by atoms with Crippen molar-refractivity contribution in [3.8, 4) is 0 Å². The fourth-order valence-electron chi connectivity index (χ4n) is 8.16. The molecule has 1 aromatic rings. The molecule has 176 valence electrons. The first-order valence-corrected chi connectivity index (χ1v) is 12.1. The van der Waals surface area contributed by atoms with Gasteiger partial charge in [-0.2, -0.15) is 13.2 Å². The summed E-state index contributed by atoms with van der Waals surface area (Å²) in [5.41, 5.74) is -1.12. The van der Waals surface area contributed by atoms with Crippen LogP contribution in [0.3, 0.4) is 0 Å². The number of rotatable bonds is 2. The van der Waals surface area contributed by atoms with E-state index < -0.39 is 28.7 Å². The molecule has 0 radical (unpaired) electrons. The summed E-state index contributed by atoms with van der Waals surface area (Å²) >= 11 is 0. The highest BCUT2D eigenvalue weighted by Gasteiger charge is 2.68. The van der Waals surface area contributed by atoms with Gasteiger partial charge in [0.15, 0.2) is 5.60 Å². The lowest BCUT2D eigenvalue weighted by molar-refractivity contribution is -0.188. The number of para-hydroxylation sites is 1. The second-order valence-corrected chi connectivity index (χ2v) is 11.2. The zero-order chi connectivity index (χ0) is 23.2. The lowest BCUT2D eigenvalue weighted by Gasteiger charge is -2.60. The summed E-state index contributed by atoms with van der Waals surface area (Å²) < 4.78 is 47.7. The second-order valence-electron chi connectivity index (χ2n) is 11.2. The summed E-state index contributed by atoms with van der Waals surface area (Å²) in [6.45, 7) is 4.55. The number of amides is 1. The standard InChI is InChI=1S/C27H30F3NO2/c1-24-12-9-17-15-16(24)7-8-18-19(24)10-13-25(2)20(18)11-14-26(25,33-17)23(32)31-22-6-4-3-5-21(22)27(28,29)30/h3-8,15,17-20H,9-14H2,1-2H3,(H,31,32)/t17?,18-,19?,20-,24+,25+,26?/m1/s1. The van der Waals surface area contributed by atoms with Crippen LogP contribution >= 0.6 is 0 Å². The van der Waals surface area contributed by atoms with Crippen LogP contribution in [0.4, 0.5) is 18.9 Å². The van der Waals surface area contributed by atoms with Crippen molar-refractivity contribution in [2.45, 2.75) is 70.3 Å². The summed E-state index contributed by atoms with van der Waals surface area (Å²) in [5.74, 6) is 0.792. The smallest absolute Gasteiger partial charge is 0.357 e. The molecule has 8 aliphatic rings. The largest absolute Gasteiger partial charge is 0.418 e. The lowest BCUT2D eigenvalue weighted by Crippen LogP contribution is -2.62. The van der Waals surface area contributed by atoms with Crippen LogP contribution in [0.5, 0.6) is 0 Å². The number of allylic oxidation sites excluding steroid dienone is 3. The fraction of sp³-hybridized carbons (Fsp3) is 0.593. The van der Waals surface area contributed by atoms with Gasteiger partial charge in [0.1, 0.15) is 0 Å². The Balaban J connectivity index is 1.45. The fourth-order valence-corrected chi connectivity index (χ4v) is 8.16. The van der Waals surface area contributed by atoms with E-state index in [2.05, 4.69) is 37.4 Å². The van der Waals surface area contributed by atoms with Crippen LogP contribution < -0.4 is 5.32 Å². The average molecular weight is 458 g/mol. The quantitative estimate of drug-likeness (QED) is 0.549. The highest BCUT2D eigenvalue weighted by Crippen LogP contribution is 2.68. The molecule has 6 heteroatoms. The molecule has 0 spiro atoms. The van der Waals surface area contributed by atoms with E-state index in [1.807, 2.05) is 0 Å². The van der Waals surface area contributed by atoms with Crippen molar-refractivity contribution in [3.63, 3.8) is 0 Å². The van der Waals surface area contributed by atoms with Crippen LogP contribution in [0.1, 0.15) is 57.9 Å². The monoisotopic (exact) mass is 457 g/mol. The van der Waals surface area contributed by atoms with Crippen molar-refractivity contribution in [2.24, 2.45) is 28.6 Å². The van der Waals surface area contributed by atoms with Gasteiger partial charge in [0, 0.05) is 5.41 Å². The molecule has 4 aliphatic carbocycles. The Morgan fingerprint density at radius 1 is 1.06 bits per heavy atom. The highest BCUT2D eigenvalue weighted by molar-refractivity contribution is 5.99. The minimum absolute atomic E-state index is 0.150. The zero-order valence-electron chi connectivity index (χ0n) is 19.0. The number of halogens is 3. The molecule has 2 saturated heterocycles. The lowest BCUT2D eigenvalue weighted by atomic mass is 9.47. The molecule has 3 unspecified atom stereocenters. The molecule has 1 aromatic carbocycles. The Morgan fingerprint density at radius 2 is 1.82 bits per heavy atom. The van der Waals surface area contributed by atoms with Crippen LogP contribution in [0.25, 0.3) is 0 Å². The van der Waals surface area contributed by atoms with E-state index in [0.717, 1.165) is 38.2 Å². The summed E-state index contributed by atoms with van der Waals surface area (Å²) in [5, 5.41) is 2.68. The van der Waals surface area contributed by atoms with Crippen molar-refractivity contribution in [2.75, 3.05) is 5.32 Å². The van der Waals surface area contributed by atoms with E-state index in [0.29, 0.717) is 18.3 Å². The van der Waals surface area contributed by atoms with E-state index in [9.17, 15) is 18.0 Å². The van der Waals surface area contributed by atoms with Gasteiger partial charge in [0.25, 0.3) is 5.91 Å². The van der Waals surface area contributed by atoms with Crippen molar-refractivity contribution >= 4 is 11.6 Å². The van der Waals surface area contributed by atoms with E-state index in [1.165, 1.54) is 23.8 Å². The number of hydrogen-bond acceptors (Lipinski definition) is 2. The van der Waals surface area contributed by atoms with Gasteiger partial charge in [0.05, 0.1) is 17.4 Å². The van der Waals surface area contributed by atoms with E-state index in [1.54, 1.807) is 0 Å². The molecule has 7 atom stereocenters. The summed E-state index contributed by atoms with van der Waals surface area (Å²) in [7, 11) is 0. The molecular weight excluding hydrogens is 427 g/mol. The third-order valence-corrected chi connectivity index (χ3v) is 9.94. The Hall–Kier alpha value is -2.08. The summed E-state index contributed by atoms with van der Waals surface area (Å²) in [4.78, 5) is 14.0. The maximum absolute atomic E-state index is 14.0. The minimum Gasteiger partial charge on any atom is -0.357 e. The first-order valence-electron chi connectivity index (χ1n) is 12.1. The zero-order valence-corrected chi connectivity index (χ0v) is 19.0. The maximum atomic E-state index is 14.0. The van der Waals surface area contributed by atoms with Gasteiger partial charge >= 0.3 is 6.18 Å². The van der Waals surface area contributed by atoms with Crippen LogP contribution in [0.15, 0.2) is 48.1 Å². The normalized spacial score (nSPS) is 43.0. The van der Waals surface area contributed by atoms with Crippen molar-refractivity contribution in [3.05, 3.63) is 53.6 Å². The topological polar surface area (TPSA) is 38.3 Å². The average Bonchev–Trinajstić information content (AvgIpc) is 3.04. The molecule has 4 fully saturated rings. The number of hydrogen-bond donors (Lipinski definition) is 1. The Kier molecular flexibility index (Phi) is 4.38. The van der Waals surface area contributed by atoms with Gasteiger partial charge in [-0.15, -0.1) is 0 Å². The molecular formula is C27H30F3NO2. The summed E-state index contributed by atoms with van der Waals surface area (Å²) in [6, 6.07) is 5.22. The number of anilines is 1. The van der Waals surface area contributed by atoms with Crippen LogP contribution in [0.2, 0.25) is 0 Å². The predicted octanol–water partition coefficient (Wildman–Crippen LogP) is 6.52. The molecule has 4 aliphatic heterocycles. The van der Waals surface area contributed by atoms with Gasteiger partial charge < -0.3 is 10.1 Å². The Labute approximate surface area is 192 Å². The molecule has 3 nitrogen and oxygen atoms in total. The predicted molar refractivity (Wildman–Crippen MR) is 119 cm³/mol. The Bertz CT molecular complexity index is 1080. The van der Waals surface area contributed by atoms with E-state index >= 15 is 0 Å². The molecule has 8 bridgehead atoms. The number of alkyl halides is 3. The molecule has 33 heavy (non-hydrogen) atoms. The first kappa shape index (κ1) is 21.5. The number of nitrogens with one attached hydrogen (secondary N) is 1. The van der Waals surface area contributed by atoms with Gasteiger partial charge in [-0.1, -0.05) is 44.2 Å². The van der Waals surface area contributed by atoms with Gasteiger partial charge in [-0.3, -0.25) is 4.79 Å². The number of carbonyl (C=O) groups is 1. The van der Waals surface area contributed by atoms with Crippen molar-refractivity contribution < 1.29 is 22.7 Å². The molecule has 2 saturated carbocycles. The maximum Gasteiger partial charge on any atom is 0.418 e. The van der Waals surface area contributed by atoms with Gasteiger partial charge in [0.2, 0.25) is 0 Å². The van der Waals surface area contributed by atoms with Crippen molar-refractivity contribution in [1.29, 1.82) is 0 Å². The van der Waals surface area contributed by atoms with Crippen molar-refractivity contribution in [1.82, 2.24) is 0 Å². The second kappa shape index (κ2) is 6.74. The van der Waals surface area contributed by atoms with Gasteiger partial charge in [-0.05, 0) is 79.4 Å². The van der Waals surface area contributed by atoms with E-state index in [4.69, 9.17) is 4.74 Å². The number of benzene rings is 1. The van der Waals surface area contributed by atoms with Gasteiger partial charge in [-0.25, -0.2) is 0 Å². The highest BCUT2D eigenvalue weighted by atomic mass is 19.4. The van der Waals surface area contributed by atoms with Crippen LogP contribution in [0, 0.1) is 28.6 Å². The summed E-state index contributed by atoms with van der Waals surface area (Å²) in [6.07, 6.45) is 7.22. The molecule has 0 aromatic heterocycles. The SMILES string of the molecule is C[C@]12CCC3C=C1C=C[C@@H]1C2CC[C@@]2(C)[C@@H]1CCC2(C(=O)Nc1ccccc1C(F)(F)F)O3. The molecule has 1 N–H and O–H groups in total. The number of carbonyl (C=O) groups excluding carboxylic acids is 1. The number of ether oxygens (including phenoxy) is 1. The molecule has 1 amide bonds. The third kappa shape index (κ3) is 2.76. The molecule has 9 rings (SSSR count). The van der Waals surface area contributed by atoms with Crippen LogP contribution in [-0.2, 0) is 15.7 Å². The third-order valence-electron chi connectivity index (χ3n) is 9.94.